The zero-order valence-electron chi connectivity index (χ0n) is 18.9. The number of hydrogen-bond donors (Lipinski definition) is 2. The standard InChI is InChI=1S/C27H26N4O2/c1-17(2)21-15-22(25(33)16-24(21)32)27-29-28-26(13-18-7-5-4-6-8-18)31(27)20-9-10-23-19(14-20)11-12-30(23)3/h4-12,14-17,32-33H,13H2,1-3H3. The van der Waals surface area contributed by atoms with Crippen LogP contribution in [0.4, 0.5) is 0 Å². The average molecular weight is 439 g/mol. The van der Waals surface area contributed by atoms with Gasteiger partial charge >= 0.3 is 0 Å². The lowest BCUT2D eigenvalue weighted by Gasteiger charge is -2.15. The van der Waals surface area contributed by atoms with Crippen molar-refractivity contribution in [3.05, 3.63) is 89.9 Å². The van der Waals surface area contributed by atoms with E-state index in [2.05, 4.69) is 45.1 Å². The van der Waals surface area contributed by atoms with Gasteiger partial charge in [-0.05, 0) is 47.4 Å². The maximum atomic E-state index is 10.8. The summed E-state index contributed by atoms with van der Waals surface area (Å²) >= 11 is 0. The number of aryl methyl sites for hydroxylation is 1. The molecule has 166 valence electrons. The second kappa shape index (κ2) is 8.13. The molecule has 33 heavy (non-hydrogen) atoms. The number of hydrogen-bond acceptors (Lipinski definition) is 4. The maximum absolute atomic E-state index is 10.8. The third kappa shape index (κ3) is 3.74. The molecule has 0 saturated carbocycles. The molecule has 0 atom stereocenters. The third-order valence-electron chi connectivity index (χ3n) is 6.07. The van der Waals surface area contributed by atoms with Gasteiger partial charge in [0.2, 0.25) is 0 Å². The van der Waals surface area contributed by atoms with Crippen LogP contribution in [-0.4, -0.2) is 29.5 Å². The Kier molecular flexibility index (Phi) is 5.13. The lowest BCUT2D eigenvalue weighted by Crippen LogP contribution is -2.05. The maximum Gasteiger partial charge on any atom is 0.172 e. The number of aromatic hydroxyl groups is 2. The van der Waals surface area contributed by atoms with Crippen molar-refractivity contribution in [1.29, 1.82) is 0 Å². The Labute approximate surface area is 192 Å². The molecule has 0 bridgehead atoms. The van der Waals surface area contributed by atoms with Crippen LogP contribution in [0.5, 0.6) is 11.5 Å². The van der Waals surface area contributed by atoms with Crippen molar-refractivity contribution in [2.75, 3.05) is 0 Å². The van der Waals surface area contributed by atoms with Crippen LogP contribution in [0.25, 0.3) is 28.0 Å². The second-order valence-corrected chi connectivity index (χ2v) is 8.69. The van der Waals surface area contributed by atoms with Gasteiger partial charge in [0.15, 0.2) is 5.82 Å². The van der Waals surface area contributed by atoms with Crippen LogP contribution in [0, 0.1) is 0 Å². The van der Waals surface area contributed by atoms with E-state index >= 15 is 0 Å². The van der Waals surface area contributed by atoms with E-state index in [0.717, 1.165) is 33.5 Å². The first-order valence-electron chi connectivity index (χ1n) is 11.0. The Balaban J connectivity index is 1.73. The molecule has 2 heterocycles. The fraction of sp³-hybridized carbons (Fsp3) is 0.185. The van der Waals surface area contributed by atoms with Crippen LogP contribution in [0.1, 0.15) is 36.7 Å². The number of nitrogens with zero attached hydrogens (tertiary/aromatic N) is 4. The van der Waals surface area contributed by atoms with Crippen molar-refractivity contribution < 1.29 is 10.2 Å². The van der Waals surface area contributed by atoms with Crippen molar-refractivity contribution in [3.8, 4) is 28.6 Å². The number of phenols is 2. The highest BCUT2D eigenvalue weighted by Crippen LogP contribution is 2.38. The Morgan fingerprint density at radius 3 is 2.42 bits per heavy atom. The van der Waals surface area contributed by atoms with E-state index in [9.17, 15) is 10.2 Å². The molecule has 0 saturated heterocycles. The fourth-order valence-electron chi connectivity index (χ4n) is 4.30. The molecule has 0 amide bonds. The lowest BCUT2D eigenvalue weighted by atomic mass is 9.98. The van der Waals surface area contributed by atoms with E-state index in [-0.39, 0.29) is 17.4 Å². The monoisotopic (exact) mass is 438 g/mol. The number of rotatable bonds is 5. The van der Waals surface area contributed by atoms with Crippen LogP contribution in [0.2, 0.25) is 0 Å². The Morgan fingerprint density at radius 2 is 1.67 bits per heavy atom. The SMILES string of the molecule is CC(C)c1cc(-c2nnc(Cc3ccccc3)n2-c2ccc3c(ccn3C)c2)c(O)cc1O. The second-order valence-electron chi connectivity index (χ2n) is 8.69. The molecule has 6 heteroatoms. The zero-order chi connectivity index (χ0) is 23.1. The summed E-state index contributed by atoms with van der Waals surface area (Å²) in [6.45, 7) is 4.01. The molecule has 6 nitrogen and oxygen atoms in total. The molecule has 0 unspecified atom stereocenters. The van der Waals surface area contributed by atoms with E-state index in [1.165, 1.54) is 6.07 Å². The summed E-state index contributed by atoms with van der Waals surface area (Å²) in [5.41, 5.74) is 4.46. The summed E-state index contributed by atoms with van der Waals surface area (Å²) < 4.78 is 4.08. The number of benzene rings is 3. The molecule has 0 aliphatic rings. The van der Waals surface area contributed by atoms with Gasteiger partial charge in [0.05, 0.1) is 5.56 Å². The van der Waals surface area contributed by atoms with E-state index in [1.807, 2.05) is 62.0 Å². The van der Waals surface area contributed by atoms with Crippen LogP contribution in [0.15, 0.2) is 72.9 Å². The van der Waals surface area contributed by atoms with E-state index in [1.54, 1.807) is 0 Å². The van der Waals surface area contributed by atoms with Crippen molar-refractivity contribution >= 4 is 10.9 Å². The average Bonchev–Trinajstić information content (AvgIpc) is 3.37. The van der Waals surface area contributed by atoms with Gasteiger partial charge < -0.3 is 14.8 Å². The minimum atomic E-state index is -0.0300. The van der Waals surface area contributed by atoms with Crippen molar-refractivity contribution in [2.45, 2.75) is 26.2 Å². The molecular weight excluding hydrogens is 412 g/mol. The number of fused-ring (bicyclic) bond motifs is 1. The van der Waals surface area contributed by atoms with E-state index < -0.39 is 0 Å². The molecule has 5 rings (SSSR count). The predicted octanol–water partition coefficient (Wildman–Crippen LogP) is 5.55. The first kappa shape index (κ1) is 20.8. The van der Waals surface area contributed by atoms with Gasteiger partial charge in [-0.2, -0.15) is 0 Å². The van der Waals surface area contributed by atoms with Gasteiger partial charge in [-0.25, -0.2) is 0 Å². The van der Waals surface area contributed by atoms with Gasteiger partial charge in [-0.1, -0.05) is 44.2 Å². The largest absolute Gasteiger partial charge is 0.508 e. The van der Waals surface area contributed by atoms with Crippen molar-refractivity contribution in [3.63, 3.8) is 0 Å². The quantitative estimate of drug-likeness (QED) is 0.377. The van der Waals surface area contributed by atoms with E-state index in [0.29, 0.717) is 17.8 Å². The summed E-state index contributed by atoms with van der Waals surface area (Å²) in [5.74, 6) is 1.44. The molecule has 0 spiro atoms. The van der Waals surface area contributed by atoms with Gasteiger partial charge in [-0.15, -0.1) is 10.2 Å². The van der Waals surface area contributed by atoms with Crippen LogP contribution in [-0.2, 0) is 13.5 Å². The predicted molar refractivity (Wildman–Crippen MR) is 130 cm³/mol. The molecule has 0 aliphatic carbocycles. The van der Waals surface area contributed by atoms with Crippen LogP contribution < -0.4 is 0 Å². The molecule has 3 aromatic carbocycles. The van der Waals surface area contributed by atoms with Gasteiger partial charge in [0.1, 0.15) is 17.3 Å². The Bertz CT molecular complexity index is 1450. The summed E-state index contributed by atoms with van der Waals surface area (Å²) in [6.07, 6.45) is 2.63. The summed E-state index contributed by atoms with van der Waals surface area (Å²) in [7, 11) is 2.02. The highest BCUT2D eigenvalue weighted by molar-refractivity contribution is 5.83. The molecule has 0 fully saturated rings. The molecule has 0 aliphatic heterocycles. The third-order valence-corrected chi connectivity index (χ3v) is 6.07. The first-order valence-corrected chi connectivity index (χ1v) is 11.0. The minimum Gasteiger partial charge on any atom is -0.508 e. The van der Waals surface area contributed by atoms with Crippen LogP contribution >= 0.6 is 0 Å². The van der Waals surface area contributed by atoms with Crippen LogP contribution in [0.3, 0.4) is 0 Å². The normalized spacial score (nSPS) is 11.5. The molecule has 0 radical (unpaired) electrons. The van der Waals surface area contributed by atoms with Gasteiger partial charge in [0.25, 0.3) is 0 Å². The minimum absolute atomic E-state index is 0.0300. The molecule has 2 N–H and O–H groups in total. The Hall–Kier alpha value is -4.06. The molecule has 5 aromatic rings. The number of aromatic nitrogens is 4. The first-order chi connectivity index (χ1) is 15.9. The van der Waals surface area contributed by atoms with Gasteiger partial charge in [0, 0.05) is 42.3 Å². The van der Waals surface area contributed by atoms with Gasteiger partial charge in [-0.3, -0.25) is 4.57 Å². The lowest BCUT2D eigenvalue weighted by molar-refractivity contribution is 0.444. The summed E-state index contributed by atoms with van der Waals surface area (Å²) in [5, 5.41) is 31.2. The highest BCUT2D eigenvalue weighted by Gasteiger charge is 2.21. The fourth-order valence-corrected chi connectivity index (χ4v) is 4.30. The smallest absolute Gasteiger partial charge is 0.172 e. The van der Waals surface area contributed by atoms with Crippen molar-refractivity contribution in [2.24, 2.45) is 7.05 Å². The Morgan fingerprint density at radius 1 is 0.879 bits per heavy atom. The van der Waals surface area contributed by atoms with E-state index in [4.69, 9.17) is 0 Å². The summed E-state index contributed by atoms with van der Waals surface area (Å²) in [6, 6.07) is 21.6. The summed E-state index contributed by atoms with van der Waals surface area (Å²) in [4.78, 5) is 0. The molecular formula is C27H26N4O2. The highest BCUT2D eigenvalue weighted by atomic mass is 16.3. The number of phenolic OH excluding ortho intramolecular Hbond substituents is 2. The topological polar surface area (TPSA) is 76.1 Å². The zero-order valence-corrected chi connectivity index (χ0v) is 18.9. The van der Waals surface area contributed by atoms with Crippen molar-refractivity contribution in [1.82, 2.24) is 19.3 Å². The molecule has 2 aromatic heterocycles.